The van der Waals surface area contributed by atoms with Crippen LogP contribution in [0.5, 0.6) is 0 Å². The molecule has 1 amide bonds. The number of hydrogen-bond acceptors (Lipinski definition) is 2. The van der Waals surface area contributed by atoms with Gasteiger partial charge in [0.2, 0.25) is 0 Å². The third kappa shape index (κ3) is 2.54. The summed E-state index contributed by atoms with van der Waals surface area (Å²) in [7, 11) is 0. The number of carboxylic acids is 1. The third-order valence-corrected chi connectivity index (χ3v) is 5.52. The van der Waals surface area contributed by atoms with Crippen LogP contribution < -0.4 is 0 Å². The van der Waals surface area contributed by atoms with Crippen LogP contribution in [0.25, 0.3) is 0 Å². The lowest BCUT2D eigenvalue weighted by Gasteiger charge is -2.53. The second-order valence-electron chi connectivity index (χ2n) is 6.83. The lowest BCUT2D eigenvalue weighted by Crippen LogP contribution is -2.61. The van der Waals surface area contributed by atoms with Gasteiger partial charge >= 0.3 is 5.97 Å². The molecular formula is C19H25NO3. The predicted octanol–water partition coefficient (Wildman–Crippen LogP) is 3.81. The van der Waals surface area contributed by atoms with Crippen molar-refractivity contribution in [2.24, 2.45) is 0 Å². The molecule has 4 heteroatoms. The van der Waals surface area contributed by atoms with Crippen molar-refractivity contribution >= 4 is 11.9 Å². The number of rotatable bonds is 4. The summed E-state index contributed by atoms with van der Waals surface area (Å²) >= 11 is 0. The minimum Gasteiger partial charge on any atom is -0.481 e. The fraction of sp³-hybridized carbons (Fsp3) is 0.579. The number of unbranched alkanes of at least 4 members (excludes halogenated alkanes) is 1. The minimum atomic E-state index is -0.798. The van der Waals surface area contributed by atoms with Crippen LogP contribution in [-0.2, 0) is 4.79 Å². The molecule has 1 fully saturated rings. The maximum Gasteiger partial charge on any atom is 0.313 e. The SMILES string of the molecule is CCCCN1C(=O)c2ccccc2[C@@H](C(=O)O)C12CCCCC2. The predicted molar refractivity (Wildman–Crippen MR) is 88.6 cm³/mol. The topological polar surface area (TPSA) is 57.6 Å². The van der Waals surface area contributed by atoms with Crippen molar-refractivity contribution in [3.8, 4) is 0 Å². The zero-order valence-corrected chi connectivity index (χ0v) is 13.8. The molecule has 2 aliphatic rings. The van der Waals surface area contributed by atoms with E-state index >= 15 is 0 Å². The van der Waals surface area contributed by atoms with E-state index in [0.29, 0.717) is 17.7 Å². The number of benzene rings is 1. The summed E-state index contributed by atoms with van der Waals surface area (Å²) in [5.41, 5.74) is 0.747. The Labute approximate surface area is 137 Å². The molecule has 0 radical (unpaired) electrons. The highest BCUT2D eigenvalue weighted by Gasteiger charge is 2.54. The van der Waals surface area contributed by atoms with Crippen molar-refractivity contribution in [1.82, 2.24) is 4.90 Å². The van der Waals surface area contributed by atoms with E-state index in [9.17, 15) is 14.7 Å². The second kappa shape index (κ2) is 6.34. The number of carboxylic acid groups (broad SMARTS) is 1. The zero-order valence-electron chi connectivity index (χ0n) is 13.8. The van der Waals surface area contributed by atoms with Crippen LogP contribution >= 0.6 is 0 Å². The fourth-order valence-corrected chi connectivity index (χ4v) is 4.46. The van der Waals surface area contributed by atoms with Crippen molar-refractivity contribution in [1.29, 1.82) is 0 Å². The molecule has 0 bridgehead atoms. The molecular weight excluding hydrogens is 290 g/mol. The van der Waals surface area contributed by atoms with E-state index in [0.717, 1.165) is 44.9 Å². The molecule has 1 aromatic rings. The van der Waals surface area contributed by atoms with Crippen LogP contribution in [0.1, 0.15) is 73.7 Å². The number of aliphatic carboxylic acids is 1. The van der Waals surface area contributed by atoms with E-state index < -0.39 is 17.4 Å². The number of carbonyl (C=O) groups excluding carboxylic acids is 1. The van der Waals surface area contributed by atoms with Crippen molar-refractivity contribution in [3.63, 3.8) is 0 Å². The summed E-state index contributed by atoms with van der Waals surface area (Å²) in [6.45, 7) is 2.76. The molecule has 4 nitrogen and oxygen atoms in total. The number of carbonyl (C=O) groups is 2. The van der Waals surface area contributed by atoms with Gasteiger partial charge in [-0.2, -0.15) is 0 Å². The highest BCUT2D eigenvalue weighted by atomic mass is 16.4. The number of nitrogens with zero attached hydrogens (tertiary/aromatic N) is 1. The van der Waals surface area contributed by atoms with E-state index in [2.05, 4.69) is 6.92 Å². The van der Waals surface area contributed by atoms with Crippen LogP contribution in [0.15, 0.2) is 24.3 Å². The first kappa shape index (κ1) is 16.0. The Kier molecular flexibility index (Phi) is 4.42. The number of amides is 1. The van der Waals surface area contributed by atoms with Gasteiger partial charge in [0, 0.05) is 12.1 Å². The Morgan fingerprint density at radius 2 is 1.96 bits per heavy atom. The molecule has 0 unspecified atom stereocenters. The van der Waals surface area contributed by atoms with Gasteiger partial charge < -0.3 is 10.0 Å². The standard InChI is InChI=1S/C19H25NO3/c1-2-3-13-20-17(21)15-10-6-5-9-14(15)16(18(22)23)19(20)11-7-4-8-12-19/h5-6,9-10,16H,2-4,7-8,11-13H2,1H3,(H,22,23)/t16-/m0/s1. The second-order valence-corrected chi connectivity index (χ2v) is 6.83. The van der Waals surface area contributed by atoms with E-state index in [-0.39, 0.29) is 5.91 Å². The van der Waals surface area contributed by atoms with Crippen molar-refractivity contribution in [2.45, 2.75) is 63.3 Å². The lowest BCUT2D eigenvalue weighted by molar-refractivity contribution is -0.144. The average molecular weight is 315 g/mol. The molecule has 1 atom stereocenters. The van der Waals surface area contributed by atoms with Gasteiger partial charge in [0.25, 0.3) is 5.91 Å². The quantitative estimate of drug-likeness (QED) is 0.919. The first-order chi connectivity index (χ1) is 11.1. The van der Waals surface area contributed by atoms with Crippen LogP contribution in [0.4, 0.5) is 0 Å². The Hall–Kier alpha value is -1.84. The molecule has 1 heterocycles. The van der Waals surface area contributed by atoms with Gasteiger partial charge in [0.15, 0.2) is 0 Å². The van der Waals surface area contributed by atoms with Gasteiger partial charge in [-0.25, -0.2) is 0 Å². The molecule has 3 rings (SSSR count). The molecule has 23 heavy (non-hydrogen) atoms. The minimum absolute atomic E-state index is 0.0217. The van der Waals surface area contributed by atoms with E-state index in [1.165, 1.54) is 0 Å². The highest BCUT2D eigenvalue weighted by molar-refractivity contribution is 6.01. The maximum absolute atomic E-state index is 13.1. The first-order valence-corrected chi connectivity index (χ1v) is 8.75. The van der Waals surface area contributed by atoms with Crippen molar-refractivity contribution < 1.29 is 14.7 Å². The Morgan fingerprint density at radius 3 is 2.61 bits per heavy atom. The Balaban J connectivity index is 2.15. The van der Waals surface area contributed by atoms with E-state index in [4.69, 9.17) is 0 Å². The fourth-order valence-electron chi connectivity index (χ4n) is 4.46. The summed E-state index contributed by atoms with van der Waals surface area (Å²) in [5.74, 6) is -1.38. The van der Waals surface area contributed by atoms with E-state index in [1.54, 1.807) is 6.07 Å². The summed E-state index contributed by atoms with van der Waals surface area (Å²) in [5, 5.41) is 9.99. The van der Waals surface area contributed by atoms with Gasteiger partial charge in [-0.3, -0.25) is 9.59 Å². The number of fused-ring (bicyclic) bond motifs is 1. The molecule has 1 aromatic carbocycles. The van der Waals surface area contributed by atoms with Gasteiger partial charge in [-0.15, -0.1) is 0 Å². The van der Waals surface area contributed by atoms with E-state index in [1.807, 2.05) is 23.1 Å². The Morgan fingerprint density at radius 1 is 1.26 bits per heavy atom. The van der Waals surface area contributed by atoms with Gasteiger partial charge in [-0.1, -0.05) is 50.8 Å². The molecule has 1 saturated carbocycles. The third-order valence-electron chi connectivity index (χ3n) is 5.52. The summed E-state index contributed by atoms with van der Waals surface area (Å²) in [4.78, 5) is 27.2. The summed E-state index contributed by atoms with van der Waals surface area (Å²) in [6.07, 6.45) is 6.65. The van der Waals surface area contributed by atoms with Gasteiger partial charge in [0.05, 0.1) is 5.54 Å². The van der Waals surface area contributed by atoms with Crippen molar-refractivity contribution in [2.75, 3.05) is 6.54 Å². The van der Waals surface area contributed by atoms with Crippen LogP contribution in [0, 0.1) is 0 Å². The monoisotopic (exact) mass is 315 g/mol. The largest absolute Gasteiger partial charge is 0.481 e. The molecule has 1 N–H and O–H groups in total. The van der Waals surface area contributed by atoms with Crippen LogP contribution in [0.2, 0.25) is 0 Å². The van der Waals surface area contributed by atoms with Gasteiger partial charge in [0.1, 0.15) is 5.92 Å². The smallest absolute Gasteiger partial charge is 0.313 e. The normalized spacial score (nSPS) is 22.9. The molecule has 0 saturated heterocycles. The summed E-state index contributed by atoms with van der Waals surface area (Å²) in [6, 6.07) is 7.29. The maximum atomic E-state index is 13.1. The molecule has 124 valence electrons. The molecule has 1 spiro atoms. The highest BCUT2D eigenvalue weighted by Crippen LogP contribution is 2.49. The molecule has 0 aromatic heterocycles. The molecule has 1 aliphatic heterocycles. The van der Waals surface area contributed by atoms with Crippen LogP contribution in [0.3, 0.4) is 0 Å². The van der Waals surface area contributed by atoms with Gasteiger partial charge in [-0.05, 0) is 30.9 Å². The number of hydrogen-bond donors (Lipinski definition) is 1. The Bertz CT molecular complexity index is 604. The lowest BCUT2D eigenvalue weighted by atomic mass is 9.65. The average Bonchev–Trinajstić information content (AvgIpc) is 2.55. The zero-order chi connectivity index (χ0) is 16.4. The van der Waals surface area contributed by atoms with Crippen molar-refractivity contribution in [3.05, 3.63) is 35.4 Å². The van der Waals surface area contributed by atoms with Crippen LogP contribution in [-0.4, -0.2) is 34.0 Å². The summed E-state index contributed by atoms with van der Waals surface area (Å²) < 4.78 is 0. The first-order valence-electron chi connectivity index (χ1n) is 8.75. The molecule has 1 aliphatic carbocycles.